The predicted octanol–water partition coefficient (Wildman–Crippen LogP) is 3.42. The van der Waals surface area contributed by atoms with Crippen molar-refractivity contribution in [3.05, 3.63) is 50.6 Å². The predicted molar refractivity (Wildman–Crippen MR) is 113 cm³/mol. The van der Waals surface area contributed by atoms with E-state index in [-0.39, 0.29) is 23.0 Å². The molecule has 0 aliphatic heterocycles. The maximum absolute atomic E-state index is 12.8. The van der Waals surface area contributed by atoms with Crippen molar-refractivity contribution in [2.75, 3.05) is 11.1 Å². The SMILES string of the molecule is CC(=O)c1ccc(NC(=O)CSc2nc3sc4c(c3c(=O)n2C)CCC4)cc1. The van der Waals surface area contributed by atoms with Crippen LogP contribution < -0.4 is 10.9 Å². The quantitative estimate of drug-likeness (QED) is 0.394. The Kier molecular flexibility index (Phi) is 5.07. The lowest BCUT2D eigenvalue weighted by Gasteiger charge is -2.08. The van der Waals surface area contributed by atoms with Gasteiger partial charge in [0, 0.05) is 23.2 Å². The van der Waals surface area contributed by atoms with Gasteiger partial charge in [-0.3, -0.25) is 19.0 Å². The Morgan fingerprint density at radius 2 is 2.00 bits per heavy atom. The maximum atomic E-state index is 12.8. The Hall–Kier alpha value is -2.45. The van der Waals surface area contributed by atoms with Gasteiger partial charge in [-0.1, -0.05) is 11.8 Å². The fraction of sp³-hybridized carbons (Fsp3) is 0.300. The molecule has 8 heteroatoms. The van der Waals surface area contributed by atoms with Crippen LogP contribution in [-0.4, -0.2) is 27.0 Å². The highest BCUT2D eigenvalue weighted by Crippen LogP contribution is 2.35. The summed E-state index contributed by atoms with van der Waals surface area (Å²) in [5.41, 5.74) is 2.36. The first-order valence-electron chi connectivity index (χ1n) is 8.99. The fourth-order valence-corrected chi connectivity index (χ4v) is 5.42. The van der Waals surface area contributed by atoms with E-state index >= 15 is 0 Å². The van der Waals surface area contributed by atoms with E-state index in [0.29, 0.717) is 16.4 Å². The van der Waals surface area contributed by atoms with E-state index in [1.165, 1.54) is 28.1 Å². The molecule has 6 nitrogen and oxygen atoms in total. The summed E-state index contributed by atoms with van der Waals surface area (Å²) in [5, 5.41) is 4.09. The van der Waals surface area contributed by atoms with Gasteiger partial charge < -0.3 is 5.32 Å². The van der Waals surface area contributed by atoms with Gasteiger partial charge in [-0.05, 0) is 56.0 Å². The number of rotatable bonds is 5. The van der Waals surface area contributed by atoms with Crippen LogP contribution >= 0.6 is 23.1 Å². The van der Waals surface area contributed by atoms with Gasteiger partial charge in [-0.25, -0.2) is 4.98 Å². The number of fused-ring (bicyclic) bond motifs is 3. The molecule has 28 heavy (non-hydrogen) atoms. The summed E-state index contributed by atoms with van der Waals surface area (Å²) >= 11 is 2.84. The van der Waals surface area contributed by atoms with Crippen LogP contribution in [0.5, 0.6) is 0 Å². The Bertz CT molecular complexity index is 1150. The topological polar surface area (TPSA) is 81.1 Å². The molecule has 1 aromatic carbocycles. The van der Waals surface area contributed by atoms with Crippen LogP contribution in [0.1, 0.15) is 34.1 Å². The van der Waals surface area contributed by atoms with E-state index in [1.54, 1.807) is 42.6 Å². The van der Waals surface area contributed by atoms with E-state index in [4.69, 9.17) is 0 Å². The van der Waals surface area contributed by atoms with Crippen molar-refractivity contribution in [2.45, 2.75) is 31.3 Å². The first-order valence-corrected chi connectivity index (χ1v) is 10.8. The van der Waals surface area contributed by atoms with Crippen LogP contribution in [0.2, 0.25) is 0 Å². The zero-order valence-electron chi connectivity index (χ0n) is 15.6. The molecule has 1 amide bonds. The molecule has 0 unspecified atom stereocenters. The summed E-state index contributed by atoms with van der Waals surface area (Å²) in [5.74, 6) is -0.0651. The smallest absolute Gasteiger partial charge is 0.262 e. The largest absolute Gasteiger partial charge is 0.325 e. The number of nitrogens with zero attached hydrogens (tertiary/aromatic N) is 2. The number of aromatic nitrogens is 2. The summed E-state index contributed by atoms with van der Waals surface area (Å²) in [7, 11) is 1.70. The lowest BCUT2D eigenvalue weighted by atomic mass is 10.1. The van der Waals surface area contributed by atoms with Crippen molar-refractivity contribution in [1.82, 2.24) is 9.55 Å². The van der Waals surface area contributed by atoms with Gasteiger partial charge in [0.1, 0.15) is 4.83 Å². The lowest BCUT2D eigenvalue weighted by molar-refractivity contribution is -0.113. The van der Waals surface area contributed by atoms with Gasteiger partial charge in [-0.2, -0.15) is 0 Å². The zero-order chi connectivity index (χ0) is 19.8. The van der Waals surface area contributed by atoms with Crippen LogP contribution in [0.4, 0.5) is 5.69 Å². The second-order valence-electron chi connectivity index (χ2n) is 6.77. The molecule has 0 atom stereocenters. The van der Waals surface area contributed by atoms with Gasteiger partial charge in [0.15, 0.2) is 10.9 Å². The van der Waals surface area contributed by atoms with Gasteiger partial charge in [0.25, 0.3) is 5.56 Å². The van der Waals surface area contributed by atoms with E-state index in [9.17, 15) is 14.4 Å². The minimum Gasteiger partial charge on any atom is -0.325 e. The average Bonchev–Trinajstić information content (AvgIpc) is 3.24. The molecule has 1 aliphatic rings. The summed E-state index contributed by atoms with van der Waals surface area (Å²) in [4.78, 5) is 43.0. The zero-order valence-corrected chi connectivity index (χ0v) is 17.2. The fourth-order valence-electron chi connectivity index (χ4n) is 3.35. The van der Waals surface area contributed by atoms with E-state index in [1.807, 2.05) is 0 Å². The van der Waals surface area contributed by atoms with Crippen molar-refractivity contribution in [3.8, 4) is 0 Å². The van der Waals surface area contributed by atoms with E-state index in [2.05, 4.69) is 10.3 Å². The minimum absolute atomic E-state index is 0.0182. The molecule has 0 fully saturated rings. The number of hydrogen-bond acceptors (Lipinski definition) is 6. The highest BCUT2D eigenvalue weighted by Gasteiger charge is 2.22. The number of thioether (sulfide) groups is 1. The molecule has 0 bridgehead atoms. The number of ketones is 1. The molecule has 0 saturated heterocycles. The molecular weight excluding hydrogens is 394 g/mol. The Balaban J connectivity index is 1.48. The Labute approximate surface area is 170 Å². The highest BCUT2D eigenvalue weighted by molar-refractivity contribution is 7.99. The minimum atomic E-state index is -0.191. The number of benzene rings is 1. The normalized spacial score (nSPS) is 12.9. The maximum Gasteiger partial charge on any atom is 0.262 e. The van der Waals surface area contributed by atoms with Crippen molar-refractivity contribution < 1.29 is 9.59 Å². The molecule has 4 rings (SSSR count). The third-order valence-electron chi connectivity index (χ3n) is 4.81. The number of hydrogen-bond donors (Lipinski definition) is 1. The number of anilines is 1. The lowest BCUT2D eigenvalue weighted by Crippen LogP contribution is -2.21. The molecule has 2 heterocycles. The molecule has 1 aliphatic carbocycles. The molecule has 1 N–H and O–H groups in total. The van der Waals surface area contributed by atoms with Gasteiger partial charge in [0.2, 0.25) is 5.91 Å². The van der Waals surface area contributed by atoms with Crippen LogP contribution in [-0.2, 0) is 24.7 Å². The van der Waals surface area contributed by atoms with Crippen LogP contribution in [0.3, 0.4) is 0 Å². The summed E-state index contributed by atoms with van der Waals surface area (Å²) in [6, 6.07) is 6.76. The third-order valence-corrected chi connectivity index (χ3v) is 7.03. The Morgan fingerprint density at radius 1 is 1.25 bits per heavy atom. The van der Waals surface area contributed by atoms with Crippen molar-refractivity contribution >= 4 is 50.7 Å². The third kappa shape index (κ3) is 3.49. The molecule has 144 valence electrons. The molecule has 2 aromatic heterocycles. The number of carbonyl (C=O) groups is 2. The second-order valence-corrected chi connectivity index (χ2v) is 8.79. The van der Waals surface area contributed by atoms with Crippen LogP contribution in [0.25, 0.3) is 10.2 Å². The summed E-state index contributed by atoms with van der Waals surface area (Å²) in [6.45, 7) is 1.50. The summed E-state index contributed by atoms with van der Waals surface area (Å²) < 4.78 is 1.53. The molecule has 0 saturated carbocycles. The molecule has 0 spiro atoms. The number of thiophene rings is 1. The van der Waals surface area contributed by atoms with Crippen molar-refractivity contribution in [1.29, 1.82) is 0 Å². The number of aryl methyl sites for hydroxylation is 2. The first-order chi connectivity index (χ1) is 13.4. The number of Topliss-reactive ketones (excluding diaryl/α,β-unsaturated/α-hetero) is 1. The van der Waals surface area contributed by atoms with Crippen molar-refractivity contribution in [2.24, 2.45) is 7.05 Å². The molecular formula is C20H19N3O3S2. The Morgan fingerprint density at radius 3 is 2.71 bits per heavy atom. The average molecular weight is 414 g/mol. The standard InChI is InChI=1S/C20H19N3O3S2/c1-11(24)12-6-8-13(9-7-12)21-16(25)10-27-20-22-18-17(19(26)23(20)2)14-4-3-5-15(14)28-18/h6-9H,3-5,10H2,1-2H3,(H,21,25). The second kappa shape index (κ2) is 7.52. The number of nitrogens with one attached hydrogen (secondary N) is 1. The number of carbonyl (C=O) groups excluding carboxylic acids is 2. The molecule has 0 radical (unpaired) electrons. The van der Waals surface area contributed by atoms with E-state index < -0.39 is 0 Å². The first kappa shape index (κ1) is 18.9. The van der Waals surface area contributed by atoms with Gasteiger partial charge in [-0.15, -0.1) is 11.3 Å². The van der Waals surface area contributed by atoms with Crippen LogP contribution in [0, 0.1) is 0 Å². The highest BCUT2D eigenvalue weighted by atomic mass is 32.2. The van der Waals surface area contributed by atoms with Crippen molar-refractivity contribution in [3.63, 3.8) is 0 Å². The summed E-state index contributed by atoms with van der Waals surface area (Å²) in [6.07, 6.45) is 3.07. The van der Waals surface area contributed by atoms with E-state index in [0.717, 1.165) is 35.0 Å². The molecule has 3 aromatic rings. The monoisotopic (exact) mass is 413 g/mol. The van der Waals surface area contributed by atoms with Gasteiger partial charge in [0.05, 0.1) is 11.1 Å². The van der Waals surface area contributed by atoms with Gasteiger partial charge >= 0.3 is 0 Å². The van der Waals surface area contributed by atoms with Crippen LogP contribution in [0.15, 0.2) is 34.2 Å². The number of amides is 1.